The molecule has 0 saturated carbocycles. The number of H-pyrrole nitrogens is 1. The van der Waals surface area contributed by atoms with Crippen LogP contribution in [-0.4, -0.2) is 29.7 Å². The molecule has 94 valence electrons. The van der Waals surface area contributed by atoms with Gasteiger partial charge in [0.25, 0.3) is 5.56 Å². The Morgan fingerprint density at radius 3 is 2.89 bits per heavy atom. The van der Waals surface area contributed by atoms with E-state index in [0.717, 1.165) is 11.1 Å². The Kier molecular flexibility index (Phi) is 3.32. The summed E-state index contributed by atoms with van der Waals surface area (Å²) in [7, 11) is 1.83. The molecule has 0 unspecified atom stereocenters. The van der Waals surface area contributed by atoms with Crippen molar-refractivity contribution >= 4 is 22.4 Å². The van der Waals surface area contributed by atoms with Crippen LogP contribution < -0.4 is 10.5 Å². The van der Waals surface area contributed by atoms with Gasteiger partial charge in [-0.15, -0.1) is 0 Å². The summed E-state index contributed by atoms with van der Waals surface area (Å²) in [4.78, 5) is 26.5. The zero-order valence-electron chi connectivity index (χ0n) is 10.0. The molecule has 18 heavy (non-hydrogen) atoms. The third-order valence-electron chi connectivity index (χ3n) is 2.86. The second-order valence-corrected chi connectivity index (χ2v) is 4.14. The minimum absolute atomic E-state index is 0.0872. The van der Waals surface area contributed by atoms with Gasteiger partial charge in [0.15, 0.2) is 0 Å². The SMILES string of the molecule is CN(CCC(=O)O)c1ccc2c(=O)[nH]ccc2c1. The zero-order valence-corrected chi connectivity index (χ0v) is 10.0. The lowest BCUT2D eigenvalue weighted by atomic mass is 10.1. The molecule has 0 aliphatic rings. The number of aliphatic carboxylic acids is 1. The molecule has 0 bridgehead atoms. The van der Waals surface area contributed by atoms with E-state index >= 15 is 0 Å². The van der Waals surface area contributed by atoms with Crippen molar-refractivity contribution < 1.29 is 9.90 Å². The second kappa shape index (κ2) is 4.91. The Morgan fingerprint density at radius 2 is 2.17 bits per heavy atom. The van der Waals surface area contributed by atoms with Crippen LogP contribution in [0.5, 0.6) is 0 Å². The lowest BCUT2D eigenvalue weighted by Gasteiger charge is -2.18. The van der Waals surface area contributed by atoms with Gasteiger partial charge in [0.1, 0.15) is 0 Å². The summed E-state index contributed by atoms with van der Waals surface area (Å²) in [6, 6.07) is 7.28. The van der Waals surface area contributed by atoms with Gasteiger partial charge in [0, 0.05) is 30.9 Å². The second-order valence-electron chi connectivity index (χ2n) is 4.14. The number of nitrogens with zero attached hydrogens (tertiary/aromatic N) is 1. The van der Waals surface area contributed by atoms with E-state index in [4.69, 9.17) is 5.11 Å². The van der Waals surface area contributed by atoms with Gasteiger partial charge in [-0.2, -0.15) is 0 Å². The van der Waals surface area contributed by atoms with Crippen LogP contribution >= 0.6 is 0 Å². The van der Waals surface area contributed by atoms with Crippen LogP contribution in [0.3, 0.4) is 0 Å². The maximum Gasteiger partial charge on any atom is 0.305 e. The van der Waals surface area contributed by atoms with E-state index < -0.39 is 5.97 Å². The van der Waals surface area contributed by atoms with Crippen molar-refractivity contribution in [2.24, 2.45) is 0 Å². The molecular weight excluding hydrogens is 232 g/mol. The Balaban J connectivity index is 2.30. The summed E-state index contributed by atoms with van der Waals surface area (Å²) in [5, 5.41) is 10.1. The largest absolute Gasteiger partial charge is 0.481 e. The van der Waals surface area contributed by atoms with E-state index in [0.29, 0.717) is 11.9 Å². The number of pyridine rings is 1. The summed E-state index contributed by atoms with van der Waals surface area (Å²) in [6.07, 6.45) is 1.69. The first kappa shape index (κ1) is 12.2. The number of rotatable bonds is 4. The molecule has 1 aromatic carbocycles. The summed E-state index contributed by atoms with van der Waals surface area (Å²) in [6.45, 7) is 0.435. The Labute approximate surface area is 104 Å². The molecule has 0 atom stereocenters. The van der Waals surface area contributed by atoms with E-state index in [9.17, 15) is 9.59 Å². The Hall–Kier alpha value is -2.30. The number of anilines is 1. The van der Waals surface area contributed by atoms with Gasteiger partial charge in [0.05, 0.1) is 6.42 Å². The zero-order chi connectivity index (χ0) is 13.1. The topological polar surface area (TPSA) is 73.4 Å². The smallest absolute Gasteiger partial charge is 0.305 e. The fourth-order valence-corrected chi connectivity index (χ4v) is 1.81. The normalized spacial score (nSPS) is 10.5. The molecule has 5 nitrogen and oxygen atoms in total. The average molecular weight is 246 g/mol. The van der Waals surface area contributed by atoms with E-state index in [1.54, 1.807) is 12.3 Å². The summed E-state index contributed by atoms with van der Waals surface area (Å²) >= 11 is 0. The molecule has 0 radical (unpaired) electrons. The molecule has 0 fully saturated rings. The number of fused-ring (bicyclic) bond motifs is 1. The van der Waals surface area contributed by atoms with E-state index in [2.05, 4.69) is 4.98 Å². The van der Waals surface area contributed by atoms with Crippen molar-refractivity contribution in [2.45, 2.75) is 6.42 Å². The van der Waals surface area contributed by atoms with Gasteiger partial charge in [0.2, 0.25) is 0 Å². The predicted molar refractivity (Wildman–Crippen MR) is 70.1 cm³/mol. The van der Waals surface area contributed by atoms with Gasteiger partial charge in [-0.3, -0.25) is 9.59 Å². The first-order valence-electron chi connectivity index (χ1n) is 5.62. The molecule has 0 saturated heterocycles. The van der Waals surface area contributed by atoms with Crippen LogP contribution in [0.25, 0.3) is 10.8 Å². The molecule has 1 aromatic heterocycles. The van der Waals surface area contributed by atoms with Crippen molar-refractivity contribution in [3.05, 3.63) is 40.8 Å². The molecule has 2 N–H and O–H groups in total. The number of benzene rings is 1. The predicted octanol–water partition coefficient (Wildman–Crippen LogP) is 1.44. The number of hydrogen-bond acceptors (Lipinski definition) is 3. The Bertz CT molecular complexity index is 633. The number of carboxylic acids is 1. The fraction of sp³-hybridized carbons (Fsp3) is 0.231. The number of nitrogens with one attached hydrogen (secondary N) is 1. The van der Waals surface area contributed by atoms with Crippen molar-refractivity contribution in [3.8, 4) is 0 Å². The summed E-state index contributed by atoms with van der Waals surface area (Å²) in [5.41, 5.74) is 0.779. The van der Waals surface area contributed by atoms with Crippen LogP contribution in [0.2, 0.25) is 0 Å². The highest BCUT2D eigenvalue weighted by Gasteiger charge is 2.05. The standard InChI is InChI=1S/C13H14N2O3/c1-15(7-5-12(16)17)10-2-3-11-9(8-10)4-6-14-13(11)18/h2-4,6,8H,5,7H2,1H3,(H,14,18)(H,16,17). The van der Waals surface area contributed by atoms with Crippen LogP contribution in [0, 0.1) is 0 Å². The van der Waals surface area contributed by atoms with Crippen LogP contribution in [-0.2, 0) is 4.79 Å². The molecule has 2 rings (SSSR count). The maximum absolute atomic E-state index is 11.5. The number of aromatic nitrogens is 1. The van der Waals surface area contributed by atoms with Crippen LogP contribution in [0.1, 0.15) is 6.42 Å². The highest BCUT2D eigenvalue weighted by molar-refractivity contribution is 5.84. The highest BCUT2D eigenvalue weighted by Crippen LogP contribution is 2.18. The molecule has 1 heterocycles. The molecule has 0 amide bonds. The van der Waals surface area contributed by atoms with Crippen molar-refractivity contribution in [1.29, 1.82) is 0 Å². The average Bonchev–Trinajstić information content (AvgIpc) is 2.35. The molecule has 0 spiro atoms. The maximum atomic E-state index is 11.5. The fourth-order valence-electron chi connectivity index (χ4n) is 1.81. The lowest BCUT2D eigenvalue weighted by Crippen LogP contribution is -2.21. The van der Waals surface area contributed by atoms with Crippen LogP contribution in [0.4, 0.5) is 5.69 Å². The van der Waals surface area contributed by atoms with Crippen LogP contribution in [0.15, 0.2) is 35.3 Å². The third-order valence-corrected chi connectivity index (χ3v) is 2.86. The van der Waals surface area contributed by atoms with Gasteiger partial charge in [-0.1, -0.05) is 0 Å². The highest BCUT2D eigenvalue weighted by atomic mass is 16.4. The van der Waals surface area contributed by atoms with Crippen molar-refractivity contribution in [1.82, 2.24) is 4.98 Å². The van der Waals surface area contributed by atoms with Crippen molar-refractivity contribution in [2.75, 3.05) is 18.5 Å². The summed E-state index contributed by atoms with van der Waals surface area (Å²) < 4.78 is 0. The van der Waals surface area contributed by atoms with E-state index in [1.165, 1.54) is 0 Å². The molecular formula is C13H14N2O3. The number of carbonyl (C=O) groups is 1. The van der Waals surface area contributed by atoms with Gasteiger partial charge < -0.3 is 15.0 Å². The molecule has 5 heteroatoms. The van der Waals surface area contributed by atoms with Crippen molar-refractivity contribution in [3.63, 3.8) is 0 Å². The summed E-state index contributed by atoms with van der Waals surface area (Å²) in [5.74, 6) is -0.820. The number of carboxylic acid groups (broad SMARTS) is 1. The molecule has 2 aromatic rings. The minimum Gasteiger partial charge on any atom is -0.481 e. The Morgan fingerprint density at radius 1 is 1.39 bits per heavy atom. The van der Waals surface area contributed by atoms with Gasteiger partial charge in [-0.25, -0.2) is 0 Å². The lowest BCUT2D eigenvalue weighted by molar-refractivity contribution is -0.136. The van der Waals surface area contributed by atoms with E-state index in [1.807, 2.05) is 30.1 Å². The first-order chi connectivity index (χ1) is 8.58. The molecule has 0 aliphatic heterocycles. The number of aromatic amines is 1. The monoisotopic (exact) mass is 246 g/mol. The third kappa shape index (κ3) is 2.51. The van der Waals surface area contributed by atoms with Gasteiger partial charge >= 0.3 is 5.97 Å². The minimum atomic E-state index is -0.820. The quantitative estimate of drug-likeness (QED) is 0.856. The van der Waals surface area contributed by atoms with E-state index in [-0.39, 0.29) is 12.0 Å². The van der Waals surface area contributed by atoms with Gasteiger partial charge in [-0.05, 0) is 29.7 Å². The first-order valence-corrected chi connectivity index (χ1v) is 5.62. The molecule has 0 aliphatic carbocycles. The number of hydrogen-bond donors (Lipinski definition) is 2.